The predicted molar refractivity (Wildman–Crippen MR) is 153 cm³/mol. The van der Waals surface area contributed by atoms with E-state index in [2.05, 4.69) is 126 Å². The lowest BCUT2D eigenvalue weighted by molar-refractivity contribution is -0.702. The van der Waals surface area contributed by atoms with Crippen LogP contribution in [0, 0.1) is 0 Å². The Kier molecular flexibility index (Phi) is 7.45. The van der Waals surface area contributed by atoms with Crippen LogP contribution in [0.15, 0.2) is 120 Å². The van der Waals surface area contributed by atoms with Crippen molar-refractivity contribution in [1.82, 2.24) is 0 Å². The topological polar surface area (TPSA) is 3.88 Å². The summed E-state index contributed by atoms with van der Waals surface area (Å²) in [6.45, 7) is 1.07. The van der Waals surface area contributed by atoms with Gasteiger partial charge in [0.05, 0.1) is 6.16 Å². The molecule has 0 N–H and O–H groups in total. The molecule has 0 saturated heterocycles. The number of thioether (sulfide) groups is 1. The molecule has 0 aliphatic rings. The van der Waals surface area contributed by atoms with Crippen molar-refractivity contribution in [3.8, 4) is 0 Å². The number of fused-ring (bicyclic) bond motifs is 1. The van der Waals surface area contributed by atoms with E-state index in [1.807, 2.05) is 23.1 Å². The molecule has 0 fully saturated rings. The summed E-state index contributed by atoms with van der Waals surface area (Å²) in [6, 6.07) is 42.5. The van der Waals surface area contributed by atoms with Crippen molar-refractivity contribution in [2.45, 2.75) is 23.7 Å². The van der Waals surface area contributed by atoms with E-state index < -0.39 is 7.26 Å². The van der Waals surface area contributed by atoms with Gasteiger partial charge in [0.2, 0.25) is 5.52 Å². The Morgan fingerprint density at radius 3 is 1.68 bits per heavy atom. The summed E-state index contributed by atoms with van der Waals surface area (Å²) in [5.74, 6) is 0. The number of thiazole rings is 1. The average molecular weight is 500 g/mol. The van der Waals surface area contributed by atoms with Crippen molar-refractivity contribution >= 4 is 56.5 Å². The van der Waals surface area contributed by atoms with Crippen molar-refractivity contribution < 1.29 is 4.57 Å². The van der Waals surface area contributed by atoms with Gasteiger partial charge in [-0.05, 0) is 66.9 Å². The molecule has 0 unspecified atom stereocenters. The molecule has 0 bridgehead atoms. The molecule has 0 amide bonds. The zero-order valence-corrected chi connectivity index (χ0v) is 22.0. The molecule has 0 aliphatic carbocycles. The van der Waals surface area contributed by atoms with Gasteiger partial charge in [-0.25, -0.2) is 0 Å². The normalized spacial score (nSPS) is 11.7. The number of para-hydroxylation sites is 1. The van der Waals surface area contributed by atoms with Gasteiger partial charge in [-0.2, -0.15) is 4.57 Å². The molecule has 0 radical (unpaired) electrons. The summed E-state index contributed by atoms with van der Waals surface area (Å²) < 4.78 is 5.31. The fraction of sp³-hybridized carbons (Fsp3) is 0.167. The number of benzene rings is 4. The van der Waals surface area contributed by atoms with E-state index in [-0.39, 0.29) is 0 Å². The first-order valence-corrected chi connectivity index (χ1v) is 15.8. The lowest BCUT2D eigenvalue weighted by atomic mass is 10.3. The Balaban J connectivity index is 1.48. The van der Waals surface area contributed by atoms with Gasteiger partial charge in [0.15, 0.2) is 6.54 Å². The number of aryl methyl sites for hydroxylation is 1. The van der Waals surface area contributed by atoms with Crippen LogP contribution in [0.25, 0.3) is 10.2 Å². The van der Waals surface area contributed by atoms with E-state index in [0.717, 1.165) is 6.54 Å². The number of hydrogen-bond acceptors (Lipinski definition) is 2. The fourth-order valence-electron chi connectivity index (χ4n) is 4.88. The van der Waals surface area contributed by atoms with E-state index in [1.165, 1.54) is 49.5 Å². The molecular formula is C30H30NPS2+2. The highest BCUT2D eigenvalue weighted by Crippen LogP contribution is 2.55. The third-order valence-electron chi connectivity index (χ3n) is 6.46. The van der Waals surface area contributed by atoms with Crippen LogP contribution in [0.3, 0.4) is 0 Å². The number of hydrogen-bond donors (Lipinski definition) is 0. The van der Waals surface area contributed by atoms with Crippen molar-refractivity contribution in [3.63, 3.8) is 0 Å². The van der Waals surface area contributed by atoms with Gasteiger partial charge in [0.25, 0.3) is 4.34 Å². The maximum Gasteiger partial charge on any atom is 0.298 e. The number of nitrogens with zero attached hydrogens (tertiary/aromatic N) is 1. The highest BCUT2D eigenvalue weighted by molar-refractivity contribution is 8.00. The fourth-order valence-corrected chi connectivity index (χ4v) is 11.2. The Labute approximate surface area is 211 Å². The lowest BCUT2D eigenvalue weighted by Crippen LogP contribution is -2.36. The Bertz CT molecular complexity index is 1240. The maximum absolute atomic E-state index is 2.53. The SMILES string of the molecule is CSc1sc2ccccc2[n+]1CCCC[P+](c1ccccc1)(c1ccccc1)c1ccccc1. The maximum atomic E-state index is 2.53. The average Bonchev–Trinajstić information content (AvgIpc) is 3.28. The molecule has 0 spiro atoms. The smallest absolute Gasteiger partial charge is 0.176 e. The van der Waals surface area contributed by atoms with Crippen LogP contribution in [-0.2, 0) is 6.54 Å². The van der Waals surface area contributed by atoms with Gasteiger partial charge >= 0.3 is 0 Å². The van der Waals surface area contributed by atoms with E-state index in [1.54, 1.807) is 0 Å². The molecule has 34 heavy (non-hydrogen) atoms. The van der Waals surface area contributed by atoms with Crippen molar-refractivity contribution in [3.05, 3.63) is 115 Å². The highest BCUT2D eigenvalue weighted by Gasteiger charge is 2.44. The molecule has 170 valence electrons. The second kappa shape index (κ2) is 10.9. The van der Waals surface area contributed by atoms with Crippen LogP contribution in [0.5, 0.6) is 0 Å². The molecule has 4 aromatic carbocycles. The first kappa shape index (κ1) is 23.3. The summed E-state index contributed by atoms with van der Waals surface area (Å²) >= 11 is 3.77. The van der Waals surface area contributed by atoms with E-state index in [0.29, 0.717) is 0 Å². The van der Waals surface area contributed by atoms with Gasteiger partial charge in [-0.1, -0.05) is 78.1 Å². The van der Waals surface area contributed by atoms with Gasteiger partial charge in [-0.15, -0.1) is 0 Å². The third kappa shape index (κ3) is 4.58. The molecule has 5 aromatic rings. The number of rotatable bonds is 9. The van der Waals surface area contributed by atoms with Crippen molar-refractivity contribution in [2.75, 3.05) is 12.4 Å². The van der Waals surface area contributed by atoms with E-state index >= 15 is 0 Å². The molecule has 1 aromatic heterocycles. The lowest BCUT2D eigenvalue weighted by Gasteiger charge is -2.27. The standard InChI is InChI=1S/C30H30NPS2/c1-33-30-31(28-21-11-12-22-29(28)34-30)23-13-14-24-32(25-15-5-2-6-16-25,26-17-7-3-8-18-26)27-19-9-4-10-20-27/h2-12,15-22H,13-14,23-24H2,1H3/q+2. The molecule has 4 heteroatoms. The molecular weight excluding hydrogens is 469 g/mol. The molecule has 1 nitrogen and oxygen atoms in total. The molecule has 0 atom stereocenters. The minimum absolute atomic E-state index is 1.07. The monoisotopic (exact) mass is 499 g/mol. The van der Waals surface area contributed by atoms with E-state index in [9.17, 15) is 0 Å². The molecule has 1 heterocycles. The Hall–Kier alpha value is -2.45. The molecule has 0 saturated carbocycles. The quantitative estimate of drug-likeness (QED) is 0.0946. The minimum atomic E-state index is -1.74. The number of unbranched alkanes of at least 4 members (excludes halogenated alkanes) is 1. The predicted octanol–water partition coefficient (Wildman–Crippen LogP) is 6.69. The molecule has 5 rings (SSSR count). The van der Waals surface area contributed by atoms with Crippen LogP contribution in [0.4, 0.5) is 0 Å². The van der Waals surface area contributed by atoms with E-state index in [4.69, 9.17) is 0 Å². The van der Waals surface area contributed by atoms with Gasteiger partial charge in [0.1, 0.15) is 27.9 Å². The summed E-state index contributed by atoms with van der Waals surface area (Å²) in [4.78, 5) is 0. The second-order valence-corrected chi connectivity index (χ2v) is 14.1. The Morgan fingerprint density at radius 1 is 0.647 bits per heavy atom. The van der Waals surface area contributed by atoms with Crippen LogP contribution in [-0.4, -0.2) is 12.4 Å². The first-order chi connectivity index (χ1) is 16.8. The largest absolute Gasteiger partial charge is 0.298 e. The summed E-state index contributed by atoms with van der Waals surface area (Å²) in [5.41, 5.74) is 1.37. The van der Waals surface area contributed by atoms with Crippen LogP contribution in [0.2, 0.25) is 0 Å². The zero-order chi connectivity index (χ0) is 23.2. The zero-order valence-electron chi connectivity index (χ0n) is 19.5. The van der Waals surface area contributed by atoms with Gasteiger partial charge < -0.3 is 0 Å². The molecule has 0 aliphatic heterocycles. The third-order valence-corrected chi connectivity index (χ3v) is 13.3. The second-order valence-electron chi connectivity index (χ2n) is 8.44. The van der Waals surface area contributed by atoms with Crippen molar-refractivity contribution in [2.24, 2.45) is 0 Å². The Morgan fingerprint density at radius 2 is 1.15 bits per heavy atom. The summed E-state index contributed by atoms with van der Waals surface area (Å²) in [5, 5.41) is 4.43. The van der Waals surface area contributed by atoms with Crippen LogP contribution < -0.4 is 20.5 Å². The highest BCUT2D eigenvalue weighted by atomic mass is 32.2. The summed E-state index contributed by atoms with van der Waals surface area (Å²) in [7, 11) is -1.74. The van der Waals surface area contributed by atoms with Crippen LogP contribution >= 0.6 is 30.4 Å². The minimum Gasteiger partial charge on any atom is -0.176 e. The van der Waals surface area contributed by atoms with Crippen LogP contribution in [0.1, 0.15) is 12.8 Å². The van der Waals surface area contributed by atoms with Gasteiger partial charge in [0, 0.05) is 12.5 Å². The summed E-state index contributed by atoms with van der Waals surface area (Å²) in [6.07, 6.45) is 5.74. The van der Waals surface area contributed by atoms with Crippen molar-refractivity contribution in [1.29, 1.82) is 0 Å². The number of aromatic nitrogens is 1. The first-order valence-electron chi connectivity index (χ1n) is 11.8. The van der Waals surface area contributed by atoms with Gasteiger partial charge in [-0.3, -0.25) is 0 Å².